The molecule has 0 aromatic heterocycles. The van der Waals surface area contributed by atoms with Crippen LogP contribution in [-0.4, -0.2) is 37.4 Å². The monoisotopic (exact) mass is 321 g/mol. The molecule has 0 radical (unpaired) electrons. The van der Waals surface area contributed by atoms with Crippen LogP contribution in [0.2, 0.25) is 5.02 Å². The van der Waals surface area contributed by atoms with E-state index in [9.17, 15) is 12.8 Å². The fraction of sp³-hybridized carbons (Fsp3) is 0.571. The molecule has 0 aliphatic carbocycles. The van der Waals surface area contributed by atoms with E-state index in [1.54, 1.807) is 19.1 Å². The maximum absolute atomic E-state index is 13.8. The second kappa shape index (κ2) is 7.38. The van der Waals surface area contributed by atoms with Crippen LogP contribution in [0.25, 0.3) is 0 Å². The summed E-state index contributed by atoms with van der Waals surface area (Å²) in [6, 6.07) is 4.38. The first kappa shape index (κ1) is 17.4. The zero-order chi connectivity index (χ0) is 15.3. The van der Waals surface area contributed by atoms with E-state index in [4.69, 9.17) is 11.6 Å². The summed E-state index contributed by atoms with van der Waals surface area (Å²) in [6.07, 6.45) is 0. The Kier molecular flexibility index (Phi) is 6.43. The van der Waals surface area contributed by atoms with Crippen LogP contribution in [0.1, 0.15) is 26.3 Å². The van der Waals surface area contributed by atoms with Crippen LogP contribution in [0.5, 0.6) is 0 Å². The van der Waals surface area contributed by atoms with Gasteiger partial charge in [-0.3, -0.25) is 4.90 Å². The molecule has 0 aliphatic heterocycles. The van der Waals surface area contributed by atoms with Crippen molar-refractivity contribution < 1.29 is 12.8 Å². The van der Waals surface area contributed by atoms with Crippen molar-refractivity contribution in [3.05, 3.63) is 34.6 Å². The van der Waals surface area contributed by atoms with Gasteiger partial charge in [-0.2, -0.15) is 0 Å². The largest absolute Gasteiger partial charge is 0.296 e. The lowest BCUT2D eigenvalue weighted by atomic mass is 10.1. The molecule has 0 amide bonds. The number of hydrogen-bond donors (Lipinski definition) is 0. The number of rotatable bonds is 7. The van der Waals surface area contributed by atoms with E-state index in [2.05, 4.69) is 0 Å². The van der Waals surface area contributed by atoms with Gasteiger partial charge < -0.3 is 0 Å². The van der Waals surface area contributed by atoms with Crippen LogP contribution in [0.15, 0.2) is 18.2 Å². The highest BCUT2D eigenvalue weighted by molar-refractivity contribution is 7.91. The Bertz CT molecular complexity index is 528. The maximum Gasteiger partial charge on any atom is 0.151 e. The highest BCUT2D eigenvalue weighted by Crippen LogP contribution is 2.21. The molecule has 1 atom stereocenters. The summed E-state index contributed by atoms with van der Waals surface area (Å²) in [5.41, 5.74) is 0.414. The van der Waals surface area contributed by atoms with Crippen LogP contribution in [0, 0.1) is 5.82 Å². The van der Waals surface area contributed by atoms with E-state index >= 15 is 0 Å². The van der Waals surface area contributed by atoms with E-state index < -0.39 is 9.84 Å². The molecule has 114 valence electrons. The smallest absolute Gasteiger partial charge is 0.151 e. The number of hydrogen-bond acceptors (Lipinski definition) is 3. The summed E-state index contributed by atoms with van der Waals surface area (Å²) in [7, 11) is -3.05. The van der Waals surface area contributed by atoms with Crippen molar-refractivity contribution in [1.29, 1.82) is 0 Å². The Balaban J connectivity index is 2.87. The third kappa shape index (κ3) is 4.72. The molecular formula is C14H21ClFNO2S. The summed E-state index contributed by atoms with van der Waals surface area (Å²) in [4.78, 5) is 1.91. The Morgan fingerprint density at radius 3 is 2.50 bits per heavy atom. The fourth-order valence-corrected chi connectivity index (χ4v) is 3.46. The van der Waals surface area contributed by atoms with Crippen LogP contribution >= 0.6 is 11.6 Å². The van der Waals surface area contributed by atoms with Gasteiger partial charge in [-0.1, -0.05) is 31.5 Å². The molecule has 6 heteroatoms. The molecule has 0 saturated heterocycles. The molecule has 0 fully saturated rings. The van der Waals surface area contributed by atoms with Gasteiger partial charge in [-0.15, -0.1) is 0 Å². The van der Waals surface area contributed by atoms with Crippen molar-refractivity contribution >= 4 is 21.4 Å². The summed E-state index contributed by atoms with van der Waals surface area (Å²) < 4.78 is 37.2. The summed E-state index contributed by atoms with van der Waals surface area (Å²) in [5, 5.41) is 0.369. The van der Waals surface area contributed by atoms with Crippen LogP contribution in [0.4, 0.5) is 4.39 Å². The number of halogens is 2. The molecule has 1 aromatic rings. The molecule has 1 rings (SSSR count). The van der Waals surface area contributed by atoms with Crippen molar-refractivity contribution in [2.24, 2.45) is 0 Å². The van der Waals surface area contributed by atoms with Crippen LogP contribution in [-0.2, 0) is 16.4 Å². The van der Waals surface area contributed by atoms with Crippen LogP contribution < -0.4 is 0 Å². The molecule has 0 spiro atoms. The van der Waals surface area contributed by atoms with Crippen molar-refractivity contribution in [2.45, 2.75) is 33.4 Å². The van der Waals surface area contributed by atoms with Crippen molar-refractivity contribution in [3.63, 3.8) is 0 Å². The van der Waals surface area contributed by atoms with Crippen LogP contribution in [0.3, 0.4) is 0 Å². The Labute approximate surface area is 125 Å². The minimum atomic E-state index is -3.05. The quantitative estimate of drug-likeness (QED) is 0.774. The van der Waals surface area contributed by atoms with Crippen molar-refractivity contribution in [2.75, 3.05) is 18.1 Å². The molecule has 3 nitrogen and oxygen atoms in total. The summed E-state index contributed by atoms with van der Waals surface area (Å²) in [6.45, 7) is 6.33. The highest BCUT2D eigenvalue weighted by atomic mass is 35.5. The van der Waals surface area contributed by atoms with E-state index in [1.807, 2.05) is 18.7 Å². The topological polar surface area (TPSA) is 37.4 Å². The molecule has 1 aromatic carbocycles. The Morgan fingerprint density at radius 2 is 2.00 bits per heavy atom. The first-order chi connectivity index (χ1) is 9.30. The molecule has 0 saturated carbocycles. The van der Waals surface area contributed by atoms with Gasteiger partial charge in [0.25, 0.3) is 0 Å². The van der Waals surface area contributed by atoms with E-state index in [0.29, 0.717) is 23.7 Å². The van der Waals surface area contributed by atoms with Gasteiger partial charge in [0.05, 0.1) is 5.75 Å². The van der Waals surface area contributed by atoms with Crippen molar-refractivity contribution in [1.82, 2.24) is 4.90 Å². The van der Waals surface area contributed by atoms with Crippen molar-refractivity contribution in [3.8, 4) is 0 Å². The third-order valence-corrected chi connectivity index (χ3v) is 5.61. The summed E-state index contributed by atoms with van der Waals surface area (Å²) in [5.74, 6) is -0.167. The van der Waals surface area contributed by atoms with E-state index in [-0.39, 0.29) is 23.4 Å². The predicted molar refractivity (Wildman–Crippen MR) is 81.3 cm³/mol. The van der Waals surface area contributed by atoms with E-state index in [0.717, 1.165) is 0 Å². The van der Waals surface area contributed by atoms with Gasteiger partial charge in [-0.05, 0) is 25.6 Å². The first-order valence-corrected chi connectivity index (χ1v) is 8.88. The molecule has 20 heavy (non-hydrogen) atoms. The molecule has 0 bridgehead atoms. The zero-order valence-electron chi connectivity index (χ0n) is 12.1. The van der Waals surface area contributed by atoms with Gasteiger partial charge in [-0.25, -0.2) is 12.8 Å². The average Bonchev–Trinajstić information content (AvgIpc) is 2.38. The lowest BCUT2D eigenvalue weighted by Gasteiger charge is -2.28. The fourth-order valence-electron chi connectivity index (χ4n) is 2.06. The minimum absolute atomic E-state index is 0.0728. The zero-order valence-corrected chi connectivity index (χ0v) is 13.6. The average molecular weight is 322 g/mol. The molecule has 0 aliphatic rings. The highest BCUT2D eigenvalue weighted by Gasteiger charge is 2.21. The molecule has 0 heterocycles. The lowest BCUT2D eigenvalue weighted by molar-refractivity contribution is 0.223. The van der Waals surface area contributed by atoms with E-state index in [1.165, 1.54) is 6.07 Å². The third-order valence-electron chi connectivity index (χ3n) is 3.39. The van der Waals surface area contributed by atoms with Gasteiger partial charge in [0.15, 0.2) is 9.84 Å². The second-order valence-corrected chi connectivity index (χ2v) is 7.62. The number of sulfone groups is 1. The number of benzene rings is 1. The maximum atomic E-state index is 13.8. The lowest BCUT2D eigenvalue weighted by Crippen LogP contribution is -2.38. The number of nitrogens with zero attached hydrogens (tertiary/aromatic N) is 1. The van der Waals surface area contributed by atoms with Gasteiger partial charge in [0, 0.05) is 28.9 Å². The van der Waals surface area contributed by atoms with Gasteiger partial charge >= 0.3 is 0 Å². The second-order valence-electron chi connectivity index (χ2n) is 4.81. The standard InChI is InChI=1S/C14H21ClFNO2S/c1-4-17(11(3)10-20(18,19)5-2)9-12-13(15)7-6-8-14(12)16/h6-8,11H,4-5,9-10H2,1-3H3. The van der Waals surface area contributed by atoms with Gasteiger partial charge in [0.2, 0.25) is 0 Å². The summed E-state index contributed by atoms with van der Waals surface area (Å²) >= 11 is 6.01. The van der Waals surface area contributed by atoms with Gasteiger partial charge in [0.1, 0.15) is 5.82 Å². The predicted octanol–water partition coefficient (Wildman–Crippen LogP) is 3.12. The molecule has 1 unspecified atom stereocenters. The SMILES string of the molecule is CCN(Cc1c(F)cccc1Cl)C(C)CS(=O)(=O)CC. The minimum Gasteiger partial charge on any atom is -0.296 e. The molecular weight excluding hydrogens is 301 g/mol. The first-order valence-electron chi connectivity index (χ1n) is 6.68. The normalized spacial score (nSPS) is 13.7. The Morgan fingerprint density at radius 1 is 1.35 bits per heavy atom. The molecule has 0 N–H and O–H groups in total. The Hall–Kier alpha value is -0.650.